The lowest BCUT2D eigenvalue weighted by Crippen LogP contribution is -2.56. The van der Waals surface area contributed by atoms with Crippen molar-refractivity contribution < 1.29 is 0 Å². The van der Waals surface area contributed by atoms with Gasteiger partial charge in [-0.3, -0.25) is 4.98 Å². The van der Waals surface area contributed by atoms with Crippen molar-refractivity contribution in [2.24, 2.45) is 5.92 Å². The van der Waals surface area contributed by atoms with Gasteiger partial charge in [-0.05, 0) is 87.7 Å². The minimum absolute atomic E-state index is 0.495. The molecule has 1 saturated carbocycles. The van der Waals surface area contributed by atoms with Crippen LogP contribution in [0.1, 0.15) is 73.2 Å². The van der Waals surface area contributed by atoms with Crippen LogP contribution >= 0.6 is 0 Å². The normalized spacial score (nSPS) is 21.8. The fraction of sp³-hybridized carbons (Fsp3) is 0.630. The lowest BCUT2D eigenvalue weighted by molar-refractivity contribution is 0.232. The van der Waals surface area contributed by atoms with Gasteiger partial charge in [0.1, 0.15) is 5.82 Å². The topological polar surface area (TPSA) is 44.3 Å². The van der Waals surface area contributed by atoms with Crippen LogP contribution in [0.15, 0.2) is 24.3 Å². The molecular formula is C27H41N5. The Hall–Kier alpha value is -1.98. The fourth-order valence-corrected chi connectivity index (χ4v) is 5.24. The maximum Gasteiger partial charge on any atom is 0.131 e. The first-order valence-electron chi connectivity index (χ1n) is 12.4. The molecule has 1 aliphatic heterocycles. The van der Waals surface area contributed by atoms with E-state index < -0.39 is 0 Å². The summed E-state index contributed by atoms with van der Waals surface area (Å²) < 4.78 is 0. The summed E-state index contributed by atoms with van der Waals surface area (Å²) >= 11 is 0. The third-order valence-electron chi connectivity index (χ3n) is 7.50. The van der Waals surface area contributed by atoms with E-state index in [1.54, 1.807) is 0 Å². The van der Waals surface area contributed by atoms with Gasteiger partial charge in [-0.2, -0.15) is 0 Å². The molecule has 1 aliphatic carbocycles. The molecule has 1 N–H and O–H groups in total. The van der Waals surface area contributed by atoms with E-state index >= 15 is 0 Å². The number of likely N-dealkylation sites (N-methyl/N-ethyl adjacent to an activating group) is 1. The summed E-state index contributed by atoms with van der Waals surface area (Å²) in [5.74, 6) is 3.10. The van der Waals surface area contributed by atoms with Gasteiger partial charge in [-0.15, -0.1) is 0 Å². The highest BCUT2D eigenvalue weighted by Gasteiger charge is 2.33. The van der Waals surface area contributed by atoms with Crippen molar-refractivity contribution in [2.45, 2.75) is 70.9 Å². The van der Waals surface area contributed by atoms with Crippen LogP contribution in [0.4, 0.5) is 5.82 Å². The number of anilines is 1. The number of aryl methyl sites for hydroxylation is 2. The smallest absolute Gasteiger partial charge is 0.131 e. The molecule has 1 atom stereocenters. The van der Waals surface area contributed by atoms with Gasteiger partial charge >= 0.3 is 0 Å². The Morgan fingerprint density at radius 1 is 1.06 bits per heavy atom. The molecule has 3 heterocycles. The predicted octanol–water partition coefficient (Wildman–Crippen LogP) is 4.50. The minimum Gasteiger partial charge on any atom is -0.354 e. The van der Waals surface area contributed by atoms with E-state index in [2.05, 4.69) is 81.3 Å². The van der Waals surface area contributed by atoms with Crippen molar-refractivity contribution in [2.75, 3.05) is 39.1 Å². The Morgan fingerprint density at radius 2 is 1.81 bits per heavy atom. The van der Waals surface area contributed by atoms with E-state index in [0.29, 0.717) is 17.9 Å². The zero-order chi connectivity index (χ0) is 22.8. The first-order valence-corrected chi connectivity index (χ1v) is 12.4. The highest BCUT2D eigenvalue weighted by Crippen LogP contribution is 2.46. The van der Waals surface area contributed by atoms with Gasteiger partial charge < -0.3 is 15.1 Å². The zero-order valence-corrected chi connectivity index (χ0v) is 20.9. The second-order valence-electron chi connectivity index (χ2n) is 10.4. The lowest BCUT2D eigenvalue weighted by Gasteiger charge is -2.39. The number of rotatable bonds is 9. The average molecular weight is 436 g/mol. The second-order valence-corrected chi connectivity index (χ2v) is 10.4. The Morgan fingerprint density at radius 3 is 2.44 bits per heavy atom. The van der Waals surface area contributed by atoms with Crippen LogP contribution in [-0.2, 0) is 13.0 Å². The third kappa shape index (κ3) is 4.99. The largest absolute Gasteiger partial charge is 0.354 e. The summed E-state index contributed by atoms with van der Waals surface area (Å²) in [6.07, 6.45) is 4.79. The number of hydrogen-bond donors (Lipinski definition) is 1. The average Bonchev–Trinajstić information content (AvgIpc) is 2.69. The molecule has 1 unspecified atom stereocenters. The molecule has 2 aliphatic rings. The maximum atomic E-state index is 5.11. The van der Waals surface area contributed by atoms with E-state index in [1.807, 2.05) is 0 Å². The van der Waals surface area contributed by atoms with Crippen LogP contribution in [0.3, 0.4) is 0 Å². The van der Waals surface area contributed by atoms with Gasteiger partial charge in [0.05, 0.1) is 11.7 Å². The highest BCUT2D eigenvalue weighted by atomic mass is 15.3. The van der Waals surface area contributed by atoms with E-state index in [9.17, 15) is 0 Å². The molecule has 2 aromatic heterocycles. The first-order chi connectivity index (χ1) is 15.4. The fourth-order valence-electron chi connectivity index (χ4n) is 5.24. The number of nitrogens with zero attached hydrogens (tertiary/aromatic N) is 4. The summed E-state index contributed by atoms with van der Waals surface area (Å²) in [5, 5.41) is 3.37. The molecule has 174 valence electrons. The van der Waals surface area contributed by atoms with Gasteiger partial charge in [-0.25, -0.2) is 4.98 Å². The first kappa shape index (κ1) is 23.2. The number of pyridine rings is 2. The van der Waals surface area contributed by atoms with E-state index in [-0.39, 0.29) is 0 Å². The van der Waals surface area contributed by atoms with Crippen molar-refractivity contribution in [1.29, 1.82) is 0 Å². The molecule has 2 fully saturated rings. The highest BCUT2D eigenvalue weighted by molar-refractivity contribution is 5.48. The second kappa shape index (κ2) is 9.88. The van der Waals surface area contributed by atoms with Crippen LogP contribution in [0.2, 0.25) is 0 Å². The molecule has 0 aromatic carbocycles. The van der Waals surface area contributed by atoms with Crippen LogP contribution in [0, 0.1) is 12.8 Å². The van der Waals surface area contributed by atoms with Crippen molar-refractivity contribution >= 4 is 5.82 Å². The maximum absolute atomic E-state index is 5.11. The van der Waals surface area contributed by atoms with Crippen LogP contribution in [-0.4, -0.2) is 55.1 Å². The molecule has 0 spiro atoms. The van der Waals surface area contributed by atoms with Gasteiger partial charge in [0.25, 0.3) is 0 Å². The number of aromatic nitrogens is 2. The van der Waals surface area contributed by atoms with Crippen molar-refractivity contribution in [3.63, 3.8) is 0 Å². The number of hydrogen-bond acceptors (Lipinski definition) is 5. The van der Waals surface area contributed by atoms with E-state index in [1.165, 1.54) is 47.5 Å². The molecule has 1 saturated heterocycles. The van der Waals surface area contributed by atoms with E-state index in [0.717, 1.165) is 37.8 Å². The molecule has 0 bridgehead atoms. The van der Waals surface area contributed by atoms with Gasteiger partial charge in [0.2, 0.25) is 0 Å². The molecule has 32 heavy (non-hydrogen) atoms. The third-order valence-corrected chi connectivity index (χ3v) is 7.50. The predicted molar refractivity (Wildman–Crippen MR) is 134 cm³/mol. The Kier molecular flexibility index (Phi) is 7.16. The lowest BCUT2D eigenvalue weighted by atomic mass is 9.68. The van der Waals surface area contributed by atoms with Gasteiger partial charge in [0.15, 0.2) is 0 Å². The molecule has 4 rings (SSSR count). The van der Waals surface area contributed by atoms with E-state index in [4.69, 9.17) is 9.97 Å². The summed E-state index contributed by atoms with van der Waals surface area (Å²) in [7, 11) is 6.46. The zero-order valence-electron chi connectivity index (χ0n) is 20.9. The van der Waals surface area contributed by atoms with Crippen LogP contribution < -0.4 is 10.2 Å². The summed E-state index contributed by atoms with van der Waals surface area (Å²) in [5.41, 5.74) is 6.49. The summed E-state index contributed by atoms with van der Waals surface area (Å²) in [6.45, 7) is 9.78. The molecular weight excluding hydrogens is 394 g/mol. The summed E-state index contributed by atoms with van der Waals surface area (Å²) in [4.78, 5) is 14.7. The van der Waals surface area contributed by atoms with Crippen molar-refractivity contribution in [1.82, 2.24) is 20.2 Å². The number of nitrogens with one attached hydrogen (secondary N) is 1. The SMILES string of the molecule is CCc1ccc(C2CC(CC(C)c3ccc(C)c(N(C)C4CNC4)n3)C2)c(CN(C)C)n1. The van der Waals surface area contributed by atoms with Crippen LogP contribution in [0.25, 0.3) is 0 Å². The molecule has 0 radical (unpaired) electrons. The molecule has 5 heteroatoms. The standard InChI is InChI=1S/C27H41N5/c1-7-22-9-10-24(26(29-22)17-31(4)5)21-13-20(14-21)12-19(3)25-11-8-18(2)27(30-25)32(6)23-15-28-16-23/h8-11,19-21,23,28H,7,12-17H2,1-6H3. The van der Waals surface area contributed by atoms with Crippen molar-refractivity contribution in [3.8, 4) is 0 Å². The van der Waals surface area contributed by atoms with Crippen molar-refractivity contribution in [3.05, 3.63) is 52.5 Å². The molecule has 0 amide bonds. The minimum atomic E-state index is 0.495. The Balaban J connectivity index is 1.38. The van der Waals surface area contributed by atoms with Crippen LogP contribution in [0.5, 0.6) is 0 Å². The Labute approximate surface area is 194 Å². The molecule has 2 aromatic rings. The Bertz CT molecular complexity index is 914. The quantitative estimate of drug-likeness (QED) is 0.628. The summed E-state index contributed by atoms with van der Waals surface area (Å²) in [6, 6.07) is 9.66. The van der Waals surface area contributed by atoms with Gasteiger partial charge in [0, 0.05) is 38.1 Å². The van der Waals surface area contributed by atoms with Gasteiger partial charge in [-0.1, -0.05) is 26.0 Å². The molecule has 5 nitrogen and oxygen atoms in total. The monoisotopic (exact) mass is 435 g/mol.